The first kappa shape index (κ1) is 17.9. The average Bonchev–Trinajstić information content (AvgIpc) is 3.20. The molecule has 0 fully saturated rings. The molecule has 26 heavy (non-hydrogen) atoms. The number of ether oxygens (including phenoxy) is 1. The first-order valence-electron chi connectivity index (χ1n) is 7.66. The maximum Gasteiger partial charge on any atom is 0.358 e. The number of amides is 1. The van der Waals surface area contributed by atoms with E-state index in [4.69, 9.17) is 4.74 Å². The Hall–Kier alpha value is -2.94. The molecule has 3 rings (SSSR count). The van der Waals surface area contributed by atoms with Gasteiger partial charge in [-0.3, -0.25) is 14.2 Å². The van der Waals surface area contributed by atoms with Gasteiger partial charge in [-0.1, -0.05) is 12.1 Å². The summed E-state index contributed by atoms with van der Waals surface area (Å²) in [4.78, 5) is 24.4. The zero-order valence-electron chi connectivity index (χ0n) is 14.1. The quantitative estimate of drug-likeness (QED) is 0.643. The van der Waals surface area contributed by atoms with Gasteiger partial charge in [0.15, 0.2) is 5.69 Å². The van der Waals surface area contributed by atoms with E-state index in [1.54, 1.807) is 36.1 Å². The van der Waals surface area contributed by atoms with Gasteiger partial charge in [-0.25, -0.2) is 4.79 Å². The van der Waals surface area contributed by atoms with Crippen molar-refractivity contribution in [3.05, 3.63) is 64.1 Å². The lowest BCUT2D eigenvalue weighted by Gasteiger charge is -2.08. The van der Waals surface area contributed by atoms with E-state index >= 15 is 0 Å². The minimum absolute atomic E-state index is 0.179. The minimum Gasteiger partial charge on any atom is -0.464 e. The second kappa shape index (κ2) is 7.52. The number of hydrogen-bond acceptors (Lipinski definition) is 5. The Kier molecular flexibility index (Phi) is 5.17. The van der Waals surface area contributed by atoms with E-state index in [9.17, 15) is 9.59 Å². The first-order chi connectivity index (χ1) is 12.5. The fourth-order valence-electron chi connectivity index (χ4n) is 2.49. The Balaban J connectivity index is 1.79. The Bertz CT molecular complexity index is 963. The van der Waals surface area contributed by atoms with Crippen LogP contribution >= 0.6 is 15.9 Å². The molecule has 134 valence electrons. The Morgan fingerprint density at radius 1 is 1.27 bits per heavy atom. The molecule has 9 heteroatoms. The highest BCUT2D eigenvalue weighted by Crippen LogP contribution is 2.17. The summed E-state index contributed by atoms with van der Waals surface area (Å²) in [6.45, 7) is 0.535. The second-order valence-electron chi connectivity index (χ2n) is 5.53. The molecule has 0 unspecified atom stereocenters. The smallest absolute Gasteiger partial charge is 0.358 e. The van der Waals surface area contributed by atoms with Gasteiger partial charge in [-0.2, -0.15) is 10.2 Å². The van der Waals surface area contributed by atoms with E-state index in [-0.39, 0.29) is 11.6 Å². The number of nitrogens with zero attached hydrogens (tertiary/aromatic N) is 4. The van der Waals surface area contributed by atoms with Crippen LogP contribution in [0.4, 0.5) is 5.69 Å². The third kappa shape index (κ3) is 3.83. The largest absolute Gasteiger partial charge is 0.464 e. The molecule has 0 bridgehead atoms. The van der Waals surface area contributed by atoms with E-state index in [1.165, 1.54) is 18.0 Å². The number of carbonyl (C=O) groups excluding carboxylic acids is 2. The van der Waals surface area contributed by atoms with Gasteiger partial charge in [-0.05, 0) is 33.6 Å². The Morgan fingerprint density at radius 3 is 2.77 bits per heavy atom. The van der Waals surface area contributed by atoms with Gasteiger partial charge in [0, 0.05) is 18.8 Å². The number of aryl methyl sites for hydroxylation is 1. The molecule has 0 atom stereocenters. The van der Waals surface area contributed by atoms with E-state index < -0.39 is 5.97 Å². The molecule has 0 aliphatic carbocycles. The van der Waals surface area contributed by atoms with Crippen LogP contribution in [-0.2, 0) is 18.3 Å². The summed E-state index contributed by atoms with van der Waals surface area (Å²) in [5.41, 5.74) is 1.87. The third-order valence-corrected chi connectivity index (χ3v) is 4.11. The highest BCUT2D eigenvalue weighted by molar-refractivity contribution is 9.10. The Morgan fingerprint density at radius 2 is 2.08 bits per heavy atom. The van der Waals surface area contributed by atoms with Crippen LogP contribution in [0.15, 0.2) is 47.3 Å². The van der Waals surface area contributed by atoms with Crippen molar-refractivity contribution >= 4 is 33.5 Å². The summed E-state index contributed by atoms with van der Waals surface area (Å²) in [5.74, 6) is -0.912. The fraction of sp³-hybridized carbons (Fsp3) is 0.176. The summed E-state index contributed by atoms with van der Waals surface area (Å²) in [6.07, 6.45) is 4.97. The summed E-state index contributed by atoms with van der Waals surface area (Å²) in [6, 6.07) is 7.19. The van der Waals surface area contributed by atoms with Crippen LogP contribution in [0.2, 0.25) is 0 Å². The van der Waals surface area contributed by atoms with E-state index in [1.807, 2.05) is 12.3 Å². The summed E-state index contributed by atoms with van der Waals surface area (Å²) in [7, 11) is 2.88. The number of rotatable bonds is 5. The zero-order chi connectivity index (χ0) is 18.7. The number of hydrogen-bond donors (Lipinski definition) is 1. The maximum atomic E-state index is 12.6. The van der Waals surface area contributed by atoms with Gasteiger partial charge in [0.25, 0.3) is 5.91 Å². The topological polar surface area (TPSA) is 91.0 Å². The number of methoxy groups -OCH3 is 1. The monoisotopic (exact) mass is 417 g/mol. The van der Waals surface area contributed by atoms with Gasteiger partial charge in [-0.15, -0.1) is 0 Å². The van der Waals surface area contributed by atoms with Gasteiger partial charge in [0.1, 0.15) is 0 Å². The lowest BCUT2D eigenvalue weighted by atomic mass is 10.1. The summed E-state index contributed by atoms with van der Waals surface area (Å²) >= 11 is 3.35. The van der Waals surface area contributed by atoms with Crippen molar-refractivity contribution in [2.75, 3.05) is 12.4 Å². The second-order valence-corrected chi connectivity index (χ2v) is 6.45. The number of aromatic nitrogens is 4. The molecule has 1 aromatic carbocycles. The molecule has 0 saturated carbocycles. The summed E-state index contributed by atoms with van der Waals surface area (Å²) < 4.78 is 8.73. The number of benzene rings is 1. The van der Waals surface area contributed by atoms with Crippen LogP contribution in [-0.4, -0.2) is 38.5 Å². The molecule has 0 aliphatic rings. The number of carbonyl (C=O) groups is 2. The van der Waals surface area contributed by atoms with Gasteiger partial charge < -0.3 is 10.1 Å². The van der Waals surface area contributed by atoms with Gasteiger partial charge in [0.2, 0.25) is 0 Å². The molecule has 2 heterocycles. The van der Waals surface area contributed by atoms with Crippen molar-refractivity contribution < 1.29 is 14.3 Å². The number of anilines is 1. The van der Waals surface area contributed by atoms with Crippen molar-refractivity contribution in [2.45, 2.75) is 6.54 Å². The molecule has 8 nitrogen and oxygen atoms in total. The van der Waals surface area contributed by atoms with Crippen molar-refractivity contribution in [3.63, 3.8) is 0 Å². The van der Waals surface area contributed by atoms with Crippen LogP contribution in [0.5, 0.6) is 0 Å². The predicted molar refractivity (Wildman–Crippen MR) is 98.0 cm³/mol. The average molecular weight is 418 g/mol. The van der Waals surface area contributed by atoms with E-state index in [0.29, 0.717) is 17.8 Å². The molecular formula is C17H16BrN5O3. The normalized spacial score (nSPS) is 10.6. The molecule has 0 radical (unpaired) electrons. The standard InChI is InChI=1S/C17H16BrN5O3/c1-22-15(17(25)26-2)14(8-19-22)21-16(24)12-5-3-4-11(6-12)9-23-10-13(18)7-20-23/h3-8,10H,9H2,1-2H3,(H,21,24). The Labute approximate surface area is 157 Å². The van der Waals surface area contributed by atoms with Crippen LogP contribution in [0.25, 0.3) is 0 Å². The number of nitrogens with one attached hydrogen (secondary N) is 1. The SMILES string of the molecule is COC(=O)c1c(NC(=O)c2cccc(Cn3cc(Br)cn3)c2)cnn1C. The molecule has 1 amide bonds. The molecule has 3 aromatic rings. The first-order valence-corrected chi connectivity index (χ1v) is 8.46. The lowest BCUT2D eigenvalue weighted by Crippen LogP contribution is -2.16. The fourth-order valence-corrected chi connectivity index (χ4v) is 2.81. The molecule has 0 spiro atoms. The molecular weight excluding hydrogens is 402 g/mol. The molecule has 0 aliphatic heterocycles. The van der Waals surface area contributed by atoms with Crippen molar-refractivity contribution in [1.29, 1.82) is 0 Å². The van der Waals surface area contributed by atoms with Crippen LogP contribution < -0.4 is 5.32 Å². The number of halogens is 1. The molecule has 1 N–H and O–H groups in total. The molecule has 2 aromatic heterocycles. The van der Waals surface area contributed by atoms with Crippen molar-refractivity contribution in [3.8, 4) is 0 Å². The van der Waals surface area contributed by atoms with Gasteiger partial charge >= 0.3 is 5.97 Å². The minimum atomic E-state index is -0.571. The van der Waals surface area contributed by atoms with Crippen LogP contribution in [0.1, 0.15) is 26.4 Å². The van der Waals surface area contributed by atoms with Crippen molar-refractivity contribution in [1.82, 2.24) is 19.6 Å². The maximum absolute atomic E-state index is 12.6. The van der Waals surface area contributed by atoms with Crippen LogP contribution in [0, 0.1) is 0 Å². The number of esters is 1. The lowest BCUT2D eigenvalue weighted by molar-refractivity contribution is 0.0589. The predicted octanol–water partition coefficient (Wildman–Crippen LogP) is 2.47. The highest BCUT2D eigenvalue weighted by atomic mass is 79.9. The summed E-state index contributed by atoms with van der Waals surface area (Å²) in [5, 5.41) is 10.9. The van der Waals surface area contributed by atoms with Crippen LogP contribution in [0.3, 0.4) is 0 Å². The molecule has 0 saturated heterocycles. The van der Waals surface area contributed by atoms with E-state index in [0.717, 1.165) is 10.0 Å². The third-order valence-electron chi connectivity index (χ3n) is 3.70. The highest BCUT2D eigenvalue weighted by Gasteiger charge is 2.19. The zero-order valence-corrected chi connectivity index (χ0v) is 15.7. The van der Waals surface area contributed by atoms with Gasteiger partial charge in [0.05, 0.1) is 36.2 Å². The van der Waals surface area contributed by atoms with E-state index in [2.05, 4.69) is 31.4 Å². The van der Waals surface area contributed by atoms with Crippen molar-refractivity contribution in [2.24, 2.45) is 7.05 Å².